The molecular weight excluding hydrogens is 333 g/mol. The third-order valence-electron chi connectivity index (χ3n) is 4.26. The first-order valence-corrected chi connectivity index (χ1v) is 8.34. The minimum Gasteiger partial charge on any atom is -0.405 e. The Hall–Kier alpha value is -1.96. The molecule has 8 heteroatoms. The van der Waals surface area contributed by atoms with Gasteiger partial charge in [0.05, 0.1) is 0 Å². The summed E-state index contributed by atoms with van der Waals surface area (Å²) in [5, 5.41) is 6.29. The van der Waals surface area contributed by atoms with Crippen molar-refractivity contribution in [2.75, 3.05) is 33.7 Å². The Morgan fingerprint density at radius 1 is 1.24 bits per heavy atom. The quantitative estimate of drug-likeness (QED) is 0.628. The van der Waals surface area contributed by atoms with E-state index in [0.717, 1.165) is 32.5 Å². The normalized spacial score (nSPS) is 17.4. The summed E-state index contributed by atoms with van der Waals surface area (Å²) in [5.74, 6) is 0.949. The van der Waals surface area contributed by atoms with Crippen LogP contribution in [0.2, 0.25) is 0 Å². The first-order chi connectivity index (χ1) is 11.9. The third-order valence-corrected chi connectivity index (χ3v) is 4.26. The molecule has 0 spiro atoms. The largest absolute Gasteiger partial charge is 0.573 e. The molecule has 0 unspecified atom stereocenters. The number of aliphatic imine (C=N–C) groups is 1. The average molecular weight is 358 g/mol. The van der Waals surface area contributed by atoms with Crippen molar-refractivity contribution in [2.24, 2.45) is 10.9 Å². The van der Waals surface area contributed by atoms with E-state index < -0.39 is 6.36 Å². The fraction of sp³-hybridized carbons (Fsp3) is 0.588. The monoisotopic (exact) mass is 358 g/mol. The van der Waals surface area contributed by atoms with Crippen molar-refractivity contribution >= 4 is 5.96 Å². The molecule has 25 heavy (non-hydrogen) atoms. The molecule has 1 saturated heterocycles. The molecule has 1 aliphatic rings. The van der Waals surface area contributed by atoms with E-state index >= 15 is 0 Å². The van der Waals surface area contributed by atoms with E-state index in [4.69, 9.17) is 0 Å². The highest BCUT2D eigenvalue weighted by molar-refractivity contribution is 5.79. The van der Waals surface area contributed by atoms with Gasteiger partial charge in [-0.05, 0) is 45.0 Å². The van der Waals surface area contributed by atoms with E-state index in [1.54, 1.807) is 19.2 Å². The lowest BCUT2D eigenvalue weighted by atomic mass is 9.97. The van der Waals surface area contributed by atoms with Crippen LogP contribution in [0.15, 0.2) is 29.3 Å². The van der Waals surface area contributed by atoms with Crippen LogP contribution in [-0.2, 0) is 6.54 Å². The molecule has 1 aliphatic heterocycles. The number of hydrogen-bond acceptors (Lipinski definition) is 3. The number of hydrogen-bond donors (Lipinski definition) is 2. The Labute approximate surface area is 146 Å². The molecule has 140 valence electrons. The van der Waals surface area contributed by atoms with Crippen LogP contribution in [0, 0.1) is 5.92 Å². The SMILES string of the molecule is CN=C(NCc1ccccc1OC(F)(F)F)NCC1CCN(C)CC1. The van der Waals surface area contributed by atoms with Crippen LogP contribution in [0.1, 0.15) is 18.4 Å². The second-order valence-electron chi connectivity index (χ2n) is 6.21. The highest BCUT2D eigenvalue weighted by Gasteiger charge is 2.31. The van der Waals surface area contributed by atoms with Gasteiger partial charge in [0.25, 0.3) is 0 Å². The van der Waals surface area contributed by atoms with E-state index in [0.29, 0.717) is 17.4 Å². The topological polar surface area (TPSA) is 48.9 Å². The van der Waals surface area contributed by atoms with Gasteiger partial charge in [-0.3, -0.25) is 4.99 Å². The number of halogens is 3. The van der Waals surface area contributed by atoms with Gasteiger partial charge in [-0.25, -0.2) is 0 Å². The maximum Gasteiger partial charge on any atom is 0.573 e. The highest BCUT2D eigenvalue weighted by atomic mass is 19.4. The molecule has 0 aliphatic carbocycles. The summed E-state index contributed by atoms with van der Waals surface area (Å²) in [6.45, 7) is 3.16. The summed E-state index contributed by atoms with van der Waals surface area (Å²) in [4.78, 5) is 6.43. The Bertz CT molecular complexity index is 569. The Morgan fingerprint density at radius 2 is 1.92 bits per heavy atom. The van der Waals surface area contributed by atoms with Crippen molar-refractivity contribution in [3.8, 4) is 5.75 Å². The summed E-state index contributed by atoms with van der Waals surface area (Å²) >= 11 is 0. The Morgan fingerprint density at radius 3 is 2.56 bits per heavy atom. The highest BCUT2D eigenvalue weighted by Crippen LogP contribution is 2.26. The first kappa shape index (κ1) is 19.4. The van der Waals surface area contributed by atoms with Crippen molar-refractivity contribution in [1.29, 1.82) is 0 Å². The predicted molar refractivity (Wildman–Crippen MR) is 91.5 cm³/mol. The lowest BCUT2D eigenvalue weighted by Gasteiger charge is -2.29. The minimum atomic E-state index is -4.70. The van der Waals surface area contributed by atoms with Crippen molar-refractivity contribution in [3.05, 3.63) is 29.8 Å². The molecular formula is C17H25F3N4O. The number of rotatable bonds is 5. The zero-order valence-electron chi connectivity index (χ0n) is 14.6. The molecule has 0 radical (unpaired) electrons. The van der Waals surface area contributed by atoms with Gasteiger partial charge in [0.15, 0.2) is 5.96 Å². The van der Waals surface area contributed by atoms with Crippen LogP contribution in [0.3, 0.4) is 0 Å². The molecule has 1 aromatic rings. The minimum absolute atomic E-state index is 0.194. The van der Waals surface area contributed by atoms with E-state index in [1.165, 1.54) is 12.1 Å². The smallest absolute Gasteiger partial charge is 0.405 e. The summed E-state index contributed by atoms with van der Waals surface area (Å²) in [7, 11) is 3.76. The molecule has 0 saturated carbocycles. The van der Waals surface area contributed by atoms with Gasteiger partial charge in [0.1, 0.15) is 5.75 Å². The molecule has 0 amide bonds. The van der Waals surface area contributed by atoms with Gasteiger partial charge in [-0.1, -0.05) is 18.2 Å². The van der Waals surface area contributed by atoms with Gasteiger partial charge in [0, 0.05) is 25.7 Å². The molecule has 2 N–H and O–H groups in total. The van der Waals surface area contributed by atoms with Gasteiger partial charge in [0.2, 0.25) is 0 Å². The standard InChI is InChI=1S/C17H25F3N4O/c1-21-16(22-11-13-7-9-24(2)10-8-13)23-12-14-5-3-4-6-15(14)25-17(18,19)20/h3-6,13H,7-12H2,1-2H3,(H2,21,22,23). The van der Waals surface area contributed by atoms with Crippen LogP contribution in [0.25, 0.3) is 0 Å². The number of nitrogens with one attached hydrogen (secondary N) is 2. The lowest BCUT2D eigenvalue weighted by Crippen LogP contribution is -2.42. The summed E-state index contributed by atoms with van der Waals surface area (Å²) in [6.07, 6.45) is -2.45. The van der Waals surface area contributed by atoms with Gasteiger partial charge >= 0.3 is 6.36 Å². The van der Waals surface area contributed by atoms with E-state index in [2.05, 4.69) is 32.3 Å². The van der Waals surface area contributed by atoms with Crippen LogP contribution in [0.5, 0.6) is 5.75 Å². The second kappa shape index (κ2) is 8.94. The summed E-state index contributed by atoms with van der Waals surface area (Å²) in [5.41, 5.74) is 0.419. The molecule has 1 fully saturated rings. The first-order valence-electron chi connectivity index (χ1n) is 8.34. The molecule has 0 bridgehead atoms. The Balaban J connectivity index is 1.84. The van der Waals surface area contributed by atoms with Crippen LogP contribution >= 0.6 is 0 Å². The van der Waals surface area contributed by atoms with Crippen molar-refractivity contribution in [2.45, 2.75) is 25.7 Å². The number of para-hydroxylation sites is 1. The number of guanidine groups is 1. The number of ether oxygens (including phenoxy) is 1. The maximum absolute atomic E-state index is 12.5. The molecule has 5 nitrogen and oxygen atoms in total. The fourth-order valence-electron chi connectivity index (χ4n) is 2.78. The summed E-state index contributed by atoms with van der Waals surface area (Å²) in [6, 6.07) is 6.09. The number of piperidine rings is 1. The van der Waals surface area contributed by atoms with E-state index in [-0.39, 0.29) is 12.3 Å². The van der Waals surface area contributed by atoms with Crippen molar-refractivity contribution < 1.29 is 17.9 Å². The zero-order chi connectivity index (χ0) is 18.3. The predicted octanol–water partition coefficient (Wildman–Crippen LogP) is 2.59. The van der Waals surface area contributed by atoms with Gasteiger partial charge < -0.3 is 20.3 Å². The Kier molecular flexibility index (Phi) is 6.92. The van der Waals surface area contributed by atoms with E-state index in [1.807, 2.05) is 0 Å². The van der Waals surface area contributed by atoms with Crippen LogP contribution < -0.4 is 15.4 Å². The zero-order valence-corrected chi connectivity index (χ0v) is 14.6. The van der Waals surface area contributed by atoms with Gasteiger partial charge in [-0.2, -0.15) is 0 Å². The number of nitrogens with zero attached hydrogens (tertiary/aromatic N) is 2. The van der Waals surface area contributed by atoms with Crippen LogP contribution in [-0.4, -0.2) is 51.0 Å². The second-order valence-corrected chi connectivity index (χ2v) is 6.21. The number of likely N-dealkylation sites (tertiary alicyclic amines) is 1. The van der Waals surface area contributed by atoms with Crippen molar-refractivity contribution in [1.82, 2.24) is 15.5 Å². The molecule has 0 aromatic heterocycles. The van der Waals surface area contributed by atoms with Crippen LogP contribution in [0.4, 0.5) is 13.2 Å². The number of benzene rings is 1. The van der Waals surface area contributed by atoms with E-state index in [9.17, 15) is 13.2 Å². The molecule has 1 heterocycles. The summed E-state index contributed by atoms with van der Waals surface area (Å²) < 4.78 is 41.4. The number of alkyl halides is 3. The molecule has 0 atom stereocenters. The molecule has 2 rings (SSSR count). The molecule has 1 aromatic carbocycles. The van der Waals surface area contributed by atoms with Gasteiger partial charge in [-0.15, -0.1) is 13.2 Å². The lowest BCUT2D eigenvalue weighted by molar-refractivity contribution is -0.274. The van der Waals surface area contributed by atoms with Crippen molar-refractivity contribution in [3.63, 3.8) is 0 Å². The fourth-order valence-corrected chi connectivity index (χ4v) is 2.78. The third kappa shape index (κ3) is 6.81. The maximum atomic E-state index is 12.5. The average Bonchev–Trinajstić information content (AvgIpc) is 2.56.